The molecular weight excluding hydrogens is 185 g/mol. The van der Waals surface area contributed by atoms with Crippen LogP contribution in [0.1, 0.15) is 0 Å². The van der Waals surface area contributed by atoms with Crippen LogP contribution in [0.4, 0.5) is 0 Å². The van der Waals surface area contributed by atoms with Crippen LogP contribution >= 0.6 is 0 Å². The minimum atomic E-state index is 0. The smallest absolute Gasteiger partial charge is 0.0149 e. The van der Waals surface area contributed by atoms with Crippen LogP contribution in [0.2, 0.25) is 0 Å². The maximum absolute atomic E-state index is 8.25. The van der Waals surface area contributed by atoms with Gasteiger partial charge in [-0.05, 0) is 11.0 Å². The standard InChI is InChI=1S/Nb.O.H4Si.Ti/h;;1H4;. The largest absolute Gasteiger partial charge is 0.0149 e. The zero-order chi connectivity index (χ0) is 2.00. The fourth-order valence-electron chi connectivity index (χ4n) is 0. The summed E-state index contributed by atoms with van der Waals surface area (Å²) in [5, 5.41) is 0. The van der Waals surface area contributed by atoms with Crippen molar-refractivity contribution in [2.75, 3.05) is 0 Å². The third-order valence-electron chi connectivity index (χ3n) is 0. The predicted molar refractivity (Wildman–Crippen MR) is 12.0 cm³/mol. The third-order valence-corrected chi connectivity index (χ3v) is 0. The maximum Gasteiger partial charge on any atom is -0.0149 e. The van der Waals surface area contributed by atoms with Crippen LogP contribution in [0, 0.1) is 0 Å². The Morgan fingerprint density at radius 2 is 1.25 bits per heavy atom. The maximum atomic E-state index is 8.25. The Bertz CT molecular complexity index is 8.00. The average molecular weight is 189 g/mol. The topological polar surface area (TPSA) is 17.1 Å². The Hall–Kier alpha value is 1.47. The summed E-state index contributed by atoms with van der Waals surface area (Å²) in [6, 6.07) is 0. The molecule has 0 N–H and O–H groups in total. The Morgan fingerprint density at radius 1 is 1.25 bits per heavy atom. The molecule has 0 aromatic carbocycles. The minimum Gasteiger partial charge on any atom is -0.0149 e. The van der Waals surface area contributed by atoms with Gasteiger partial charge in [0.2, 0.25) is 0 Å². The van der Waals surface area contributed by atoms with Gasteiger partial charge in [0.25, 0.3) is 0 Å². The molecule has 0 saturated carbocycles. The molecule has 1 nitrogen and oxygen atoms in total. The van der Waals surface area contributed by atoms with Crippen LogP contribution in [0.5, 0.6) is 0 Å². The number of hydrogen-bond acceptors (Lipinski definition) is 1. The molecule has 0 aliphatic carbocycles. The van der Waals surface area contributed by atoms with Crippen molar-refractivity contribution in [1.82, 2.24) is 0 Å². The molecule has 0 heterocycles. The summed E-state index contributed by atoms with van der Waals surface area (Å²) in [5.41, 5.74) is 0. The van der Waals surface area contributed by atoms with Crippen LogP contribution in [-0.4, -0.2) is 11.0 Å². The molecule has 4 heavy (non-hydrogen) atoms. The summed E-state index contributed by atoms with van der Waals surface area (Å²) in [4.78, 5) is 0. The van der Waals surface area contributed by atoms with Crippen molar-refractivity contribution in [2.24, 2.45) is 0 Å². The van der Waals surface area contributed by atoms with E-state index in [1.165, 1.54) is 0 Å². The van der Waals surface area contributed by atoms with Crippen molar-refractivity contribution in [3.63, 3.8) is 0 Å². The molecule has 1 radical (unpaired) electrons. The summed E-state index contributed by atoms with van der Waals surface area (Å²) < 4.78 is 8.25. The first-order valence-corrected chi connectivity index (χ1v) is 0.842. The molecule has 0 spiro atoms. The normalized spacial score (nSPS) is 0.750. The van der Waals surface area contributed by atoms with Gasteiger partial charge in [-0.2, -0.15) is 0 Å². The molecule has 0 fully saturated rings. The molecule has 0 aromatic rings. The van der Waals surface area contributed by atoms with Crippen LogP contribution in [0.3, 0.4) is 0 Å². The van der Waals surface area contributed by atoms with Crippen LogP contribution in [0.15, 0.2) is 0 Å². The molecule has 0 unspecified atom stereocenters. The Balaban J connectivity index is -0.00000000500. The van der Waals surface area contributed by atoms with Crippen molar-refractivity contribution in [2.45, 2.75) is 0 Å². The Kier molecular flexibility index (Phi) is 111. The first-order chi connectivity index (χ1) is 1.00. The third kappa shape index (κ3) is 9.79. The molecule has 4 heteroatoms. The zero-order valence-corrected chi connectivity index (χ0v) is 5.12. The van der Waals surface area contributed by atoms with E-state index in [4.69, 9.17) is 3.32 Å². The zero-order valence-electron chi connectivity index (χ0n) is 1.36. The molecule has 0 aromatic heterocycles. The van der Waals surface area contributed by atoms with E-state index in [1.54, 1.807) is 0 Å². The van der Waals surface area contributed by atoms with Gasteiger partial charge in [-0.1, -0.05) is 0 Å². The SMILES string of the molecule is [Nb].[O]=[Ti].[SiH4]. The monoisotopic (exact) mass is 189 g/mol. The molecule has 0 saturated heterocycles. The predicted octanol–water partition coefficient (Wildman–Crippen LogP) is -1.58. The second-order valence-corrected chi connectivity index (χ2v) is 0. The molecule has 0 rings (SSSR count). The van der Waals surface area contributed by atoms with E-state index in [0.717, 1.165) is 20.4 Å². The number of rotatable bonds is 0. The van der Waals surface area contributed by atoms with Gasteiger partial charge in [0.15, 0.2) is 0 Å². The molecule has 0 aliphatic heterocycles. The van der Waals surface area contributed by atoms with Gasteiger partial charge in [-0.3, -0.25) is 0 Å². The Morgan fingerprint density at radius 3 is 1.25 bits per heavy atom. The summed E-state index contributed by atoms with van der Waals surface area (Å²) >= 11 is 0.750. The summed E-state index contributed by atoms with van der Waals surface area (Å²) in [6.45, 7) is 0. The molecule has 23 valence electrons. The van der Waals surface area contributed by atoms with E-state index in [2.05, 4.69) is 0 Å². The van der Waals surface area contributed by atoms with Gasteiger partial charge in [-0.15, -0.1) is 0 Å². The van der Waals surface area contributed by atoms with Gasteiger partial charge in [0.05, 0.1) is 0 Å². The van der Waals surface area contributed by atoms with Crippen molar-refractivity contribution in [3.05, 3.63) is 0 Å². The van der Waals surface area contributed by atoms with Gasteiger partial charge < -0.3 is 0 Å². The summed E-state index contributed by atoms with van der Waals surface area (Å²) in [5.74, 6) is 0. The quantitative estimate of drug-likeness (QED) is 0.420. The van der Waals surface area contributed by atoms with E-state index >= 15 is 0 Å². The minimum absolute atomic E-state index is 0. The summed E-state index contributed by atoms with van der Waals surface area (Å²) in [6.07, 6.45) is 0. The molecule has 0 bridgehead atoms. The van der Waals surface area contributed by atoms with Gasteiger partial charge in [0, 0.05) is 22.4 Å². The second-order valence-electron chi connectivity index (χ2n) is 0. The van der Waals surface area contributed by atoms with Crippen molar-refractivity contribution in [3.8, 4) is 0 Å². The fourth-order valence-corrected chi connectivity index (χ4v) is 0. The van der Waals surface area contributed by atoms with Crippen LogP contribution < -0.4 is 0 Å². The molecular formula is H4NbOSiTi. The number of hydrogen-bond donors (Lipinski definition) is 0. The molecule has 0 amide bonds. The van der Waals surface area contributed by atoms with E-state index in [0.29, 0.717) is 0 Å². The van der Waals surface area contributed by atoms with Gasteiger partial charge in [0.1, 0.15) is 0 Å². The van der Waals surface area contributed by atoms with E-state index < -0.39 is 0 Å². The fraction of sp³-hybridized carbons (Fsp3) is 0. The molecule has 0 aliphatic rings. The van der Waals surface area contributed by atoms with Crippen molar-refractivity contribution < 1.29 is 46.1 Å². The first-order valence-electron chi connectivity index (χ1n) is 0.204. The second kappa shape index (κ2) is 24.9. The van der Waals surface area contributed by atoms with E-state index in [1.807, 2.05) is 0 Å². The van der Waals surface area contributed by atoms with Crippen molar-refractivity contribution >= 4 is 11.0 Å². The van der Waals surface area contributed by atoms with Crippen LogP contribution in [-0.2, 0) is 46.1 Å². The van der Waals surface area contributed by atoms with E-state index in [9.17, 15) is 0 Å². The van der Waals surface area contributed by atoms with Crippen molar-refractivity contribution in [1.29, 1.82) is 0 Å². The van der Waals surface area contributed by atoms with Crippen LogP contribution in [0.25, 0.3) is 0 Å². The van der Waals surface area contributed by atoms with Gasteiger partial charge in [-0.25, -0.2) is 0 Å². The van der Waals surface area contributed by atoms with E-state index in [-0.39, 0.29) is 33.3 Å². The average Bonchev–Trinajstić information content (AvgIpc) is 1.00. The Labute approximate surface area is 56.8 Å². The summed E-state index contributed by atoms with van der Waals surface area (Å²) in [7, 11) is 0. The van der Waals surface area contributed by atoms with Gasteiger partial charge >= 0.3 is 23.7 Å². The first kappa shape index (κ1) is 17.9. The molecule has 0 atom stereocenters.